The average molecular weight is 225 g/mol. The Morgan fingerprint density at radius 2 is 2.00 bits per heavy atom. The molecule has 2 nitrogen and oxygen atoms in total. The van der Waals surface area contributed by atoms with E-state index >= 15 is 0 Å². The molecule has 0 spiro atoms. The molecular weight excluding hydrogens is 210 g/mol. The van der Waals surface area contributed by atoms with Gasteiger partial charge >= 0.3 is 0 Å². The molecule has 1 aromatic heterocycles. The normalized spacial score (nSPS) is 12.0. The number of benzene rings is 1. The van der Waals surface area contributed by atoms with Gasteiger partial charge in [0.2, 0.25) is 0 Å². The average Bonchev–Trinajstić information content (AvgIpc) is 2.86. The molecule has 0 saturated carbocycles. The van der Waals surface area contributed by atoms with Gasteiger partial charge in [0.1, 0.15) is 12.8 Å². The second-order valence-corrected chi connectivity index (χ2v) is 3.78. The van der Waals surface area contributed by atoms with Crippen LogP contribution in [-0.2, 0) is 4.74 Å². The monoisotopic (exact) mass is 225 g/mol. The third kappa shape index (κ3) is 2.58. The van der Waals surface area contributed by atoms with E-state index in [4.69, 9.17) is 11.2 Å². The van der Waals surface area contributed by atoms with Crippen LogP contribution < -0.4 is 0 Å². The first kappa shape index (κ1) is 11.5. The number of ether oxygens (including phenoxy) is 1. The zero-order chi connectivity index (χ0) is 12.1. The molecule has 2 heteroatoms. The topological polar surface area (TPSA) is 14.2 Å². The Morgan fingerprint density at radius 1 is 1.24 bits per heavy atom. The first-order valence-electron chi connectivity index (χ1n) is 5.60. The lowest BCUT2D eigenvalue weighted by atomic mass is 10.1. The van der Waals surface area contributed by atoms with Gasteiger partial charge in [-0.2, -0.15) is 0 Å². The van der Waals surface area contributed by atoms with Crippen molar-refractivity contribution in [2.24, 2.45) is 0 Å². The first-order chi connectivity index (χ1) is 8.33. The minimum absolute atomic E-state index is 0.0590. The number of terminal acetylenes is 1. The summed E-state index contributed by atoms with van der Waals surface area (Å²) in [5, 5.41) is 0. The Labute approximate surface area is 102 Å². The molecule has 0 radical (unpaired) electrons. The van der Waals surface area contributed by atoms with Crippen molar-refractivity contribution < 1.29 is 4.74 Å². The molecule has 0 aliphatic rings. The van der Waals surface area contributed by atoms with Crippen LogP contribution in [0.25, 0.3) is 11.3 Å². The van der Waals surface area contributed by atoms with Crippen LogP contribution >= 0.6 is 0 Å². The van der Waals surface area contributed by atoms with Gasteiger partial charge < -0.3 is 9.30 Å². The molecule has 1 heterocycles. The lowest BCUT2D eigenvalue weighted by molar-refractivity contribution is 0.0397. The third-order valence-corrected chi connectivity index (χ3v) is 2.65. The molecule has 0 amide bonds. The van der Waals surface area contributed by atoms with Crippen LogP contribution in [0.1, 0.15) is 13.2 Å². The molecule has 86 valence electrons. The number of hydrogen-bond donors (Lipinski definition) is 0. The highest BCUT2D eigenvalue weighted by atomic mass is 16.5. The van der Waals surface area contributed by atoms with Crippen LogP contribution in [0.4, 0.5) is 0 Å². The van der Waals surface area contributed by atoms with Crippen LogP contribution in [0.2, 0.25) is 0 Å². The Bertz CT molecular complexity index is 507. The lowest BCUT2D eigenvalue weighted by Crippen LogP contribution is -2.09. The van der Waals surface area contributed by atoms with Crippen LogP contribution in [0, 0.1) is 12.3 Å². The van der Waals surface area contributed by atoms with Crippen molar-refractivity contribution in [1.82, 2.24) is 4.57 Å². The van der Waals surface area contributed by atoms with E-state index in [1.165, 1.54) is 5.56 Å². The van der Waals surface area contributed by atoms with E-state index in [-0.39, 0.29) is 6.23 Å². The van der Waals surface area contributed by atoms with E-state index in [9.17, 15) is 0 Å². The minimum Gasteiger partial charge on any atom is -0.346 e. The highest BCUT2D eigenvalue weighted by molar-refractivity contribution is 5.59. The number of rotatable bonds is 4. The number of nitrogens with zero attached hydrogens (tertiary/aromatic N) is 1. The van der Waals surface area contributed by atoms with Crippen LogP contribution in [0.5, 0.6) is 0 Å². The van der Waals surface area contributed by atoms with E-state index in [2.05, 4.69) is 28.7 Å². The van der Waals surface area contributed by atoms with Crippen molar-refractivity contribution in [3.8, 4) is 23.6 Å². The highest BCUT2D eigenvalue weighted by Gasteiger charge is 2.09. The van der Waals surface area contributed by atoms with Crippen molar-refractivity contribution in [1.29, 1.82) is 0 Å². The molecule has 0 bridgehead atoms. The summed E-state index contributed by atoms with van der Waals surface area (Å²) in [6.07, 6.45) is 7.14. The number of aromatic nitrogens is 1. The van der Waals surface area contributed by atoms with Gasteiger partial charge in [0, 0.05) is 6.20 Å². The van der Waals surface area contributed by atoms with Gasteiger partial charge in [0.15, 0.2) is 0 Å². The van der Waals surface area contributed by atoms with Gasteiger partial charge in [-0.15, -0.1) is 6.42 Å². The summed E-state index contributed by atoms with van der Waals surface area (Å²) in [5.74, 6) is 2.48. The van der Waals surface area contributed by atoms with Crippen LogP contribution in [0.3, 0.4) is 0 Å². The Hall–Kier alpha value is -1.98. The van der Waals surface area contributed by atoms with Crippen molar-refractivity contribution >= 4 is 0 Å². The molecule has 17 heavy (non-hydrogen) atoms. The lowest BCUT2D eigenvalue weighted by Gasteiger charge is -2.17. The number of hydrogen-bond acceptors (Lipinski definition) is 1. The van der Waals surface area contributed by atoms with Crippen molar-refractivity contribution in [2.45, 2.75) is 13.2 Å². The summed E-state index contributed by atoms with van der Waals surface area (Å²) in [5.41, 5.74) is 2.31. The van der Waals surface area contributed by atoms with Gasteiger partial charge in [-0.25, -0.2) is 0 Å². The molecule has 2 aromatic rings. The van der Waals surface area contributed by atoms with E-state index < -0.39 is 0 Å². The van der Waals surface area contributed by atoms with Gasteiger partial charge in [0.25, 0.3) is 0 Å². The Morgan fingerprint density at radius 3 is 2.71 bits per heavy atom. The maximum absolute atomic E-state index is 5.52. The van der Waals surface area contributed by atoms with E-state index in [1.54, 1.807) is 0 Å². The SMILES string of the molecule is C#CCO[C@H](C)n1cccc1-c1ccccc1. The molecule has 0 aliphatic carbocycles. The zero-order valence-electron chi connectivity index (χ0n) is 9.84. The zero-order valence-corrected chi connectivity index (χ0v) is 9.84. The molecule has 1 atom stereocenters. The van der Waals surface area contributed by atoms with Crippen molar-refractivity contribution in [3.63, 3.8) is 0 Å². The molecule has 2 rings (SSSR count). The maximum Gasteiger partial charge on any atom is 0.132 e. The van der Waals surface area contributed by atoms with E-state index in [0.717, 1.165) is 5.69 Å². The predicted molar refractivity (Wildman–Crippen MR) is 69.4 cm³/mol. The first-order valence-corrected chi connectivity index (χ1v) is 5.60. The maximum atomic E-state index is 5.52. The second kappa shape index (κ2) is 5.38. The highest BCUT2D eigenvalue weighted by Crippen LogP contribution is 2.23. The summed E-state index contributed by atoms with van der Waals surface area (Å²) in [6.45, 7) is 2.32. The Kier molecular flexibility index (Phi) is 3.64. The van der Waals surface area contributed by atoms with Gasteiger partial charge in [-0.1, -0.05) is 36.3 Å². The largest absolute Gasteiger partial charge is 0.346 e. The van der Waals surface area contributed by atoms with Gasteiger partial charge in [-0.3, -0.25) is 0 Å². The standard InChI is InChI=1S/C15H15NO/c1-3-12-17-13(2)16-11-7-10-15(16)14-8-5-4-6-9-14/h1,4-11,13H,12H2,2H3/t13-/m1/s1. The molecule has 0 fully saturated rings. The third-order valence-electron chi connectivity index (χ3n) is 2.65. The van der Waals surface area contributed by atoms with Gasteiger partial charge in [0.05, 0.1) is 5.69 Å². The summed E-state index contributed by atoms with van der Waals surface area (Å²) < 4.78 is 7.60. The van der Waals surface area contributed by atoms with Crippen LogP contribution in [-0.4, -0.2) is 11.2 Å². The van der Waals surface area contributed by atoms with Gasteiger partial charge in [-0.05, 0) is 24.6 Å². The summed E-state index contributed by atoms with van der Waals surface area (Å²) in [6, 6.07) is 14.3. The van der Waals surface area contributed by atoms with Crippen molar-refractivity contribution in [2.75, 3.05) is 6.61 Å². The molecule has 0 unspecified atom stereocenters. The fourth-order valence-corrected chi connectivity index (χ4v) is 1.81. The molecule has 1 aromatic carbocycles. The van der Waals surface area contributed by atoms with E-state index in [0.29, 0.717) is 6.61 Å². The molecule has 0 N–H and O–H groups in total. The summed E-state index contributed by atoms with van der Waals surface area (Å²) in [4.78, 5) is 0. The summed E-state index contributed by atoms with van der Waals surface area (Å²) >= 11 is 0. The smallest absolute Gasteiger partial charge is 0.132 e. The Balaban J connectivity index is 2.26. The second-order valence-electron chi connectivity index (χ2n) is 3.78. The molecule has 0 saturated heterocycles. The molecule has 0 aliphatic heterocycles. The fourth-order valence-electron chi connectivity index (χ4n) is 1.81. The summed E-state index contributed by atoms with van der Waals surface area (Å²) in [7, 11) is 0. The van der Waals surface area contributed by atoms with E-state index in [1.807, 2.05) is 37.4 Å². The van der Waals surface area contributed by atoms with Crippen LogP contribution in [0.15, 0.2) is 48.7 Å². The fraction of sp³-hybridized carbons (Fsp3) is 0.200. The quantitative estimate of drug-likeness (QED) is 0.728. The predicted octanol–water partition coefficient (Wildman–Crippen LogP) is 3.32. The minimum atomic E-state index is -0.0590. The van der Waals surface area contributed by atoms with Crippen molar-refractivity contribution in [3.05, 3.63) is 48.7 Å². The molecular formula is C15H15NO.